The standard InChI is InChI=1S/C11H20N4O/c1-2-15-11(13-8-14-15)6-10(12)5-9-3-4-16-7-9/h8-10H,2-7,12H2,1H3. The van der Waals surface area contributed by atoms with Crippen LogP contribution in [0, 0.1) is 5.92 Å². The van der Waals surface area contributed by atoms with Crippen molar-refractivity contribution in [3.8, 4) is 0 Å². The summed E-state index contributed by atoms with van der Waals surface area (Å²) in [5, 5.41) is 4.14. The van der Waals surface area contributed by atoms with Gasteiger partial charge in [0.2, 0.25) is 0 Å². The average Bonchev–Trinajstić information content (AvgIpc) is 2.88. The summed E-state index contributed by atoms with van der Waals surface area (Å²) in [6, 6.07) is 0.168. The van der Waals surface area contributed by atoms with E-state index in [1.54, 1.807) is 6.33 Å². The van der Waals surface area contributed by atoms with E-state index in [9.17, 15) is 0 Å². The fraction of sp³-hybridized carbons (Fsp3) is 0.818. The van der Waals surface area contributed by atoms with Crippen molar-refractivity contribution >= 4 is 0 Å². The van der Waals surface area contributed by atoms with Crippen LogP contribution in [0.1, 0.15) is 25.6 Å². The van der Waals surface area contributed by atoms with Crippen LogP contribution in [0.3, 0.4) is 0 Å². The first-order valence-corrected chi connectivity index (χ1v) is 5.99. The molecule has 2 N–H and O–H groups in total. The largest absolute Gasteiger partial charge is 0.381 e. The maximum absolute atomic E-state index is 6.13. The SMILES string of the molecule is CCn1ncnc1CC(N)CC1CCOC1. The molecule has 0 amide bonds. The summed E-state index contributed by atoms with van der Waals surface area (Å²) in [7, 11) is 0. The third-order valence-corrected chi connectivity index (χ3v) is 3.10. The van der Waals surface area contributed by atoms with E-state index in [-0.39, 0.29) is 6.04 Å². The molecule has 0 radical (unpaired) electrons. The van der Waals surface area contributed by atoms with Gasteiger partial charge in [-0.05, 0) is 25.7 Å². The predicted octanol–water partition coefficient (Wildman–Crippen LogP) is 0.594. The minimum Gasteiger partial charge on any atom is -0.381 e. The molecular weight excluding hydrogens is 204 g/mol. The van der Waals surface area contributed by atoms with Crippen molar-refractivity contribution in [2.45, 2.75) is 38.8 Å². The van der Waals surface area contributed by atoms with Gasteiger partial charge in [0, 0.05) is 32.2 Å². The lowest BCUT2D eigenvalue weighted by molar-refractivity contribution is 0.182. The first-order chi connectivity index (χ1) is 7.79. The van der Waals surface area contributed by atoms with Gasteiger partial charge in [-0.25, -0.2) is 4.98 Å². The van der Waals surface area contributed by atoms with E-state index < -0.39 is 0 Å². The number of aromatic nitrogens is 3. The van der Waals surface area contributed by atoms with E-state index in [0.29, 0.717) is 5.92 Å². The Hall–Kier alpha value is -0.940. The first-order valence-electron chi connectivity index (χ1n) is 5.99. The Morgan fingerprint density at radius 1 is 1.69 bits per heavy atom. The lowest BCUT2D eigenvalue weighted by Gasteiger charge is -2.14. The Bertz CT molecular complexity index is 320. The molecule has 5 heteroatoms. The highest BCUT2D eigenvalue weighted by Crippen LogP contribution is 2.18. The van der Waals surface area contributed by atoms with Gasteiger partial charge in [0.05, 0.1) is 0 Å². The van der Waals surface area contributed by atoms with Gasteiger partial charge in [-0.1, -0.05) is 0 Å². The molecule has 2 unspecified atom stereocenters. The summed E-state index contributed by atoms with van der Waals surface area (Å²) in [5.74, 6) is 1.63. The van der Waals surface area contributed by atoms with Gasteiger partial charge in [-0.15, -0.1) is 0 Å². The van der Waals surface area contributed by atoms with E-state index >= 15 is 0 Å². The molecule has 1 aliphatic rings. The second kappa shape index (κ2) is 5.41. The molecular formula is C11H20N4O. The second-order valence-corrected chi connectivity index (χ2v) is 4.42. The molecule has 1 aromatic heterocycles. The molecule has 90 valence electrons. The molecule has 0 bridgehead atoms. The number of hydrogen-bond acceptors (Lipinski definition) is 4. The summed E-state index contributed by atoms with van der Waals surface area (Å²) in [4.78, 5) is 4.24. The first kappa shape index (κ1) is 11.5. The summed E-state index contributed by atoms with van der Waals surface area (Å²) in [6.07, 6.45) is 4.58. The Labute approximate surface area is 96.0 Å². The van der Waals surface area contributed by atoms with E-state index in [4.69, 9.17) is 10.5 Å². The number of aryl methyl sites for hydroxylation is 1. The average molecular weight is 224 g/mol. The number of nitrogens with zero attached hydrogens (tertiary/aromatic N) is 3. The van der Waals surface area contributed by atoms with Crippen LogP contribution < -0.4 is 5.73 Å². The molecule has 5 nitrogen and oxygen atoms in total. The van der Waals surface area contributed by atoms with Crippen molar-refractivity contribution in [2.75, 3.05) is 13.2 Å². The summed E-state index contributed by atoms with van der Waals surface area (Å²) < 4.78 is 7.26. The molecule has 1 aliphatic heterocycles. The van der Waals surface area contributed by atoms with Crippen LogP contribution in [-0.2, 0) is 17.7 Å². The normalized spacial score (nSPS) is 22.5. The molecule has 2 heterocycles. The number of ether oxygens (including phenoxy) is 1. The Morgan fingerprint density at radius 2 is 2.56 bits per heavy atom. The van der Waals surface area contributed by atoms with Crippen molar-refractivity contribution in [3.63, 3.8) is 0 Å². The van der Waals surface area contributed by atoms with Gasteiger partial charge >= 0.3 is 0 Å². The molecule has 0 spiro atoms. The summed E-state index contributed by atoms with van der Waals surface area (Å²) in [6.45, 7) is 4.68. The van der Waals surface area contributed by atoms with Gasteiger partial charge in [0.25, 0.3) is 0 Å². The van der Waals surface area contributed by atoms with Gasteiger partial charge in [0.1, 0.15) is 12.2 Å². The fourth-order valence-corrected chi connectivity index (χ4v) is 2.23. The Balaban J connectivity index is 1.84. The van der Waals surface area contributed by atoms with Gasteiger partial charge in [-0.3, -0.25) is 4.68 Å². The number of nitrogens with two attached hydrogens (primary N) is 1. The smallest absolute Gasteiger partial charge is 0.138 e. The van der Waals surface area contributed by atoms with Crippen molar-refractivity contribution < 1.29 is 4.74 Å². The van der Waals surface area contributed by atoms with Crippen molar-refractivity contribution in [2.24, 2.45) is 11.7 Å². The summed E-state index contributed by atoms with van der Waals surface area (Å²) >= 11 is 0. The third-order valence-electron chi connectivity index (χ3n) is 3.10. The zero-order chi connectivity index (χ0) is 11.4. The fourth-order valence-electron chi connectivity index (χ4n) is 2.23. The monoisotopic (exact) mass is 224 g/mol. The van der Waals surface area contributed by atoms with Crippen LogP contribution in [0.5, 0.6) is 0 Å². The number of rotatable bonds is 5. The van der Waals surface area contributed by atoms with Crippen LogP contribution in [0.15, 0.2) is 6.33 Å². The zero-order valence-electron chi connectivity index (χ0n) is 9.80. The van der Waals surface area contributed by atoms with E-state index in [1.807, 2.05) is 4.68 Å². The van der Waals surface area contributed by atoms with Crippen molar-refractivity contribution in [1.29, 1.82) is 0 Å². The molecule has 2 atom stereocenters. The van der Waals surface area contributed by atoms with E-state index in [2.05, 4.69) is 17.0 Å². The van der Waals surface area contributed by atoms with E-state index in [1.165, 1.54) is 0 Å². The minimum atomic E-state index is 0.168. The zero-order valence-corrected chi connectivity index (χ0v) is 9.80. The van der Waals surface area contributed by atoms with Gasteiger partial charge < -0.3 is 10.5 Å². The predicted molar refractivity (Wildman–Crippen MR) is 60.9 cm³/mol. The highest BCUT2D eigenvalue weighted by molar-refractivity contribution is 4.89. The molecule has 0 saturated carbocycles. The van der Waals surface area contributed by atoms with E-state index in [0.717, 1.165) is 44.8 Å². The Kier molecular flexibility index (Phi) is 3.90. The highest BCUT2D eigenvalue weighted by Gasteiger charge is 2.19. The topological polar surface area (TPSA) is 66.0 Å². The van der Waals surface area contributed by atoms with Crippen LogP contribution in [0.25, 0.3) is 0 Å². The van der Waals surface area contributed by atoms with Gasteiger partial charge in [-0.2, -0.15) is 5.10 Å². The van der Waals surface area contributed by atoms with Crippen LogP contribution >= 0.6 is 0 Å². The maximum atomic E-state index is 6.13. The van der Waals surface area contributed by atoms with Gasteiger partial charge in [0.15, 0.2) is 0 Å². The van der Waals surface area contributed by atoms with Crippen LogP contribution in [-0.4, -0.2) is 34.0 Å². The molecule has 1 fully saturated rings. The maximum Gasteiger partial charge on any atom is 0.138 e. The van der Waals surface area contributed by atoms with Crippen molar-refractivity contribution in [1.82, 2.24) is 14.8 Å². The molecule has 1 aromatic rings. The Morgan fingerprint density at radius 3 is 3.25 bits per heavy atom. The molecule has 16 heavy (non-hydrogen) atoms. The lowest BCUT2D eigenvalue weighted by Crippen LogP contribution is -2.28. The molecule has 0 aromatic carbocycles. The van der Waals surface area contributed by atoms with Crippen LogP contribution in [0.2, 0.25) is 0 Å². The van der Waals surface area contributed by atoms with Crippen molar-refractivity contribution in [3.05, 3.63) is 12.2 Å². The lowest BCUT2D eigenvalue weighted by atomic mass is 9.98. The second-order valence-electron chi connectivity index (χ2n) is 4.42. The summed E-state index contributed by atoms with van der Waals surface area (Å²) in [5.41, 5.74) is 6.13. The van der Waals surface area contributed by atoms with Crippen LogP contribution in [0.4, 0.5) is 0 Å². The minimum absolute atomic E-state index is 0.168. The quantitative estimate of drug-likeness (QED) is 0.795. The molecule has 0 aliphatic carbocycles. The highest BCUT2D eigenvalue weighted by atomic mass is 16.5. The third kappa shape index (κ3) is 2.80. The number of hydrogen-bond donors (Lipinski definition) is 1. The molecule has 1 saturated heterocycles. The molecule has 2 rings (SSSR count).